The fourth-order valence-corrected chi connectivity index (χ4v) is 1.64. The molecule has 1 aromatic heterocycles. The van der Waals surface area contributed by atoms with Crippen molar-refractivity contribution in [2.45, 2.75) is 12.8 Å². The van der Waals surface area contributed by atoms with Crippen LogP contribution in [0.4, 0.5) is 5.82 Å². The summed E-state index contributed by atoms with van der Waals surface area (Å²) < 4.78 is 0. The molecule has 0 bridgehead atoms. The van der Waals surface area contributed by atoms with Crippen LogP contribution in [-0.4, -0.2) is 34.7 Å². The molecule has 6 heteroatoms. The smallest absolute Gasteiger partial charge is 0.256 e. The predicted octanol–water partition coefficient (Wildman–Crippen LogP) is 0.865. The first-order chi connectivity index (χ1) is 7.25. The third-order valence-electron chi connectivity index (χ3n) is 1.97. The molecule has 0 saturated heterocycles. The van der Waals surface area contributed by atoms with Crippen molar-refractivity contribution in [2.24, 2.45) is 0 Å². The molecule has 5 nitrogen and oxygen atoms in total. The highest BCUT2D eigenvalue weighted by molar-refractivity contribution is 7.98. The molecule has 0 unspecified atom stereocenters. The summed E-state index contributed by atoms with van der Waals surface area (Å²) in [6.07, 6.45) is 5.62. The Hall–Kier alpha value is -1.17. The Kier molecular flexibility index (Phi) is 5.03. The summed E-state index contributed by atoms with van der Waals surface area (Å²) >= 11 is 1.81. The van der Waals surface area contributed by atoms with Gasteiger partial charge in [-0.05, 0) is 24.9 Å². The summed E-state index contributed by atoms with van der Waals surface area (Å²) in [4.78, 5) is 11.5. The first-order valence-electron chi connectivity index (χ1n) is 4.81. The number of hydrogen-bond acceptors (Lipinski definition) is 4. The van der Waals surface area contributed by atoms with Crippen LogP contribution in [0.3, 0.4) is 0 Å². The molecule has 1 rings (SSSR count). The lowest BCUT2D eigenvalue weighted by Gasteiger charge is -2.03. The molecule has 4 N–H and O–H groups in total. The molecule has 0 aliphatic carbocycles. The number of thioether (sulfide) groups is 1. The van der Waals surface area contributed by atoms with Gasteiger partial charge in [-0.2, -0.15) is 16.9 Å². The van der Waals surface area contributed by atoms with E-state index in [1.165, 1.54) is 6.20 Å². The number of H-pyrrole nitrogens is 1. The van der Waals surface area contributed by atoms with Crippen LogP contribution in [0.1, 0.15) is 23.2 Å². The second kappa shape index (κ2) is 6.34. The summed E-state index contributed by atoms with van der Waals surface area (Å²) in [5.41, 5.74) is 5.93. The second-order valence-corrected chi connectivity index (χ2v) is 4.14. The predicted molar refractivity (Wildman–Crippen MR) is 62.9 cm³/mol. The van der Waals surface area contributed by atoms with Gasteiger partial charge in [0.1, 0.15) is 11.4 Å². The Morgan fingerprint density at radius 1 is 1.67 bits per heavy atom. The number of nitrogens with one attached hydrogen (secondary N) is 2. The Labute approximate surface area is 93.2 Å². The highest BCUT2D eigenvalue weighted by Gasteiger charge is 2.09. The highest BCUT2D eigenvalue weighted by atomic mass is 32.2. The fourth-order valence-electron chi connectivity index (χ4n) is 1.15. The third kappa shape index (κ3) is 3.83. The van der Waals surface area contributed by atoms with Gasteiger partial charge in [0.15, 0.2) is 0 Å². The Bertz CT molecular complexity index is 313. The maximum Gasteiger partial charge on any atom is 0.256 e. The first-order valence-corrected chi connectivity index (χ1v) is 6.21. The largest absolute Gasteiger partial charge is 0.383 e. The van der Waals surface area contributed by atoms with Crippen LogP contribution in [0.2, 0.25) is 0 Å². The lowest BCUT2D eigenvalue weighted by Crippen LogP contribution is -2.24. The van der Waals surface area contributed by atoms with Crippen LogP contribution in [0, 0.1) is 0 Å². The number of nitrogens with zero attached hydrogens (tertiary/aromatic N) is 1. The van der Waals surface area contributed by atoms with Crippen molar-refractivity contribution < 1.29 is 4.79 Å². The summed E-state index contributed by atoms with van der Waals surface area (Å²) in [6.45, 7) is 0.685. The van der Waals surface area contributed by atoms with Gasteiger partial charge < -0.3 is 11.1 Å². The molecule has 1 heterocycles. The minimum absolute atomic E-state index is 0.162. The minimum Gasteiger partial charge on any atom is -0.383 e. The molecule has 15 heavy (non-hydrogen) atoms. The quantitative estimate of drug-likeness (QED) is 0.631. The average Bonchev–Trinajstić information content (AvgIpc) is 2.64. The summed E-state index contributed by atoms with van der Waals surface area (Å²) in [5, 5.41) is 9.01. The molecule has 0 saturated carbocycles. The van der Waals surface area contributed by atoms with E-state index in [1.54, 1.807) is 0 Å². The van der Waals surface area contributed by atoms with Crippen molar-refractivity contribution in [3.8, 4) is 0 Å². The monoisotopic (exact) mass is 228 g/mol. The zero-order valence-electron chi connectivity index (χ0n) is 8.75. The van der Waals surface area contributed by atoms with Gasteiger partial charge in [-0.3, -0.25) is 9.89 Å². The molecule has 0 aromatic carbocycles. The highest BCUT2D eigenvalue weighted by Crippen LogP contribution is 2.05. The van der Waals surface area contributed by atoms with E-state index >= 15 is 0 Å². The summed E-state index contributed by atoms with van der Waals surface area (Å²) in [5.74, 6) is 1.28. The zero-order valence-corrected chi connectivity index (χ0v) is 9.56. The number of rotatable bonds is 6. The van der Waals surface area contributed by atoms with Crippen molar-refractivity contribution >= 4 is 23.5 Å². The van der Waals surface area contributed by atoms with E-state index in [9.17, 15) is 4.79 Å². The second-order valence-electron chi connectivity index (χ2n) is 3.15. The van der Waals surface area contributed by atoms with Gasteiger partial charge >= 0.3 is 0 Å². The molecular formula is C9H16N4OS. The van der Waals surface area contributed by atoms with E-state index in [1.807, 2.05) is 11.8 Å². The Morgan fingerprint density at radius 3 is 3.07 bits per heavy atom. The molecule has 0 aliphatic heterocycles. The number of hydrogen-bond donors (Lipinski definition) is 3. The van der Waals surface area contributed by atoms with Crippen LogP contribution < -0.4 is 11.1 Å². The molecule has 1 amide bonds. The number of nitrogens with two attached hydrogens (primary N) is 1. The van der Waals surface area contributed by atoms with Crippen molar-refractivity contribution in [1.82, 2.24) is 15.5 Å². The number of unbranched alkanes of at least 4 members (excludes halogenated alkanes) is 1. The maximum atomic E-state index is 11.5. The van der Waals surface area contributed by atoms with Gasteiger partial charge in [0.05, 0.1) is 6.20 Å². The molecule has 0 atom stereocenters. The van der Waals surface area contributed by atoms with Gasteiger partial charge in [-0.1, -0.05) is 0 Å². The minimum atomic E-state index is -0.162. The molecule has 1 aromatic rings. The lowest BCUT2D eigenvalue weighted by molar-refractivity contribution is 0.0954. The van der Waals surface area contributed by atoms with Crippen LogP contribution in [0.5, 0.6) is 0 Å². The molecule has 0 spiro atoms. The van der Waals surface area contributed by atoms with Crippen molar-refractivity contribution in [3.05, 3.63) is 11.8 Å². The van der Waals surface area contributed by atoms with Crippen molar-refractivity contribution in [1.29, 1.82) is 0 Å². The van der Waals surface area contributed by atoms with Gasteiger partial charge in [0.2, 0.25) is 0 Å². The van der Waals surface area contributed by atoms with Gasteiger partial charge in [0.25, 0.3) is 5.91 Å². The number of aromatic amines is 1. The molecule has 0 aliphatic rings. The number of carbonyl (C=O) groups excluding carboxylic acids is 1. The standard InChI is InChI=1S/C9H16N4OS/c1-15-5-3-2-4-11-9(14)7-6-12-13-8(7)10/h6H,2-5H2,1H3,(H,11,14)(H3,10,12,13). The van der Waals surface area contributed by atoms with E-state index in [-0.39, 0.29) is 5.91 Å². The van der Waals surface area contributed by atoms with E-state index in [0.29, 0.717) is 17.9 Å². The van der Waals surface area contributed by atoms with E-state index in [2.05, 4.69) is 21.8 Å². The summed E-state index contributed by atoms with van der Waals surface area (Å²) in [7, 11) is 0. The molecular weight excluding hydrogens is 212 g/mol. The van der Waals surface area contributed by atoms with E-state index in [4.69, 9.17) is 5.73 Å². The van der Waals surface area contributed by atoms with Crippen LogP contribution >= 0.6 is 11.8 Å². The van der Waals surface area contributed by atoms with E-state index < -0.39 is 0 Å². The number of aromatic nitrogens is 2. The number of carbonyl (C=O) groups is 1. The van der Waals surface area contributed by atoms with Crippen molar-refractivity contribution in [2.75, 3.05) is 24.3 Å². The third-order valence-corrected chi connectivity index (χ3v) is 2.67. The van der Waals surface area contributed by atoms with Gasteiger partial charge in [-0.15, -0.1) is 0 Å². The first kappa shape index (κ1) is 11.9. The zero-order chi connectivity index (χ0) is 11.1. The Balaban J connectivity index is 2.22. The number of anilines is 1. The van der Waals surface area contributed by atoms with Crippen molar-refractivity contribution in [3.63, 3.8) is 0 Å². The SMILES string of the molecule is CSCCCCNC(=O)c1cn[nH]c1N. The number of nitrogen functional groups attached to an aromatic ring is 1. The lowest BCUT2D eigenvalue weighted by atomic mass is 10.3. The summed E-state index contributed by atoms with van der Waals surface area (Å²) in [6, 6.07) is 0. The molecule has 0 fully saturated rings. The topological polar surface area (TPSA) is 83.8 Å². The van der Waals surface area contributed by atoms with Crippen LogP contribution in [-0.2, 0) is 0 Å². The average molecular weight is 228 g/mol. The van der Waals surface area contributed by atoms with Crippen LogP contribution in [0.15, 0.2) is 6.20 Å². The fraction of sp³-hybridized carbons (Fsp3) is 0.556. The van der Waals surface area contributed by atoms with Crippen LogP contribution in [0.25, 0.3) is 0 Å². The van der Waals surface area contributed by atoms with Gasteiger partial charge in [0, 0.05) is 6.54 Å². The molecule has 0 radical (unpaired) electrons. The van der Waals surface area contributed by atoms with Gasteiger partial charge in [-0.25, -0.2) is 0 Å². The number of amides is 1. The van der Waals surface area contributed by atoms with E-state index in [0.717, 1.165) is 18.6 Å². The normalized spacial score (nSPS) is 10.2. The molecule has 84 valence electrons. The Morgan fingerprint density at radius 2 is 2.47 bits per heavy atom. The maximum absolute atomic E-state index is 11.5.